The van der Waals surface area contributed by atoms with Gasteiger partial charge in [0.1, 0.15) is 5.82 Å². The molecule has 0 N–H and O–H groups in total. The smallest absolute Gasteiger partial charge is 0.310 e. The Morgan fingerprint density at radius 2 is 2.24 bits per heavy atom. The molecule has 1 heterocycles. The molecular weight excluding hydrogens is 341 g/mol. The van der Waals surface area contributed by atoms with Gasteiger partial charge < -0.3 is 9.64 Å². The number of halogens is 2. The van der Waals surface area contributed by atoms with Crippen molar-refractivity contribution in [2.75, 3.05) is 19.7 Å². The minimum atomic E-state index is -0.554. The number of hydrogen-bond acceptors (Lipinski definition) is 3. The van der Waals surface area contributed by atoms with Crippen LogP contribution >= 0.6 is 15.9 Å². The topological polar surface area (TPSA) is 46.6 Å². The van der Waals surface area contributed by atoms with Crippen LogP contribution in [-0.2, 0) is 9.53 Å². The maximum atomic E-state index is 13.8. The summed E-state index contributed by atoms with van der Waals surface area (Å²) in [4.78, 5) is 25.7. The van der Waals surface area contributed by atoms with E-state index in [1.165, 1.54) is 17.0 Å². The zero-order valence-corrected chi connectivity index (χ0v) is 13.4. The van der Waals surface area contributed by atoms with Crippen molar-refractivity contribution in [1.82, 2.24) is 4.90 Å². The molecular formula is C15H17BrFNO3. The van der Waals surface area contributed by atoms with E-state index < -0.39 is 5.82 Å². The van der Waals surface area contributed by atoms with Crippen molar-refractivity contribution in [2.45, 2.75) is 19.8 Å². The second-order valence-corrected chi connectivity index (χ2v) is 5.88. The number of rotatable bonds is 3. The van der Waals surface area contributed by atoms with E-state index >= 15 is 0 Å². The van der Waals surface area contributed by atoms with Gasteiger partial charge in [0.05, 0.1) is 18.1 Å². The summed E-state index contributed by atoms with van der Waals surface area (Å²) in [5.74, 6) is -1.55. The monoisotopic (exact) mass is 357 g/mol. The molecule has 0 aromatic heterocycles. The summed E-state index contributed by atoms with van der Waals surface area (Å²) < 4.78 is 19.4. The van der Waals surface area contributed by atoms with E-state index in [1.807, 2.05) is 0 Å². The average molecular weight is 358 g/mol. The molecule has 0 unspecified atom stereocenters. The molecule has 0 radical (unpaired) electrons. The summed E-state index contributed by atoms with van der Waals surface area (Å²) in [7, 11) is 0. The van der Waals surface area contributed by atoms with E-state index in [0.29, 0.717) is 30.5 Å². The van der Waals surface area contributed by atoms with E-state index in [4.69, 9.17) is 4.74 Å². The molecule has 0 aliphatic carbocycles. The molecule has 1 aliphatic rings. The molecule has 6 heteroatoms. The highest BCUT2D eigenvalue weighted by Gasteiger charge is 2.30. The van der Waals surface area contributed by atoms with Crippen molar-refractivity contribution in [1.29, 1.82) is 0 Å². The third kappa shape index (κ3) is 3.81. The number of benzene rings is 1. The van der Waals surface area contributed by atoms with E-state index in [1.54, 1.807) is 13.0 Å². The van der Waals surface area contributed by atoms with Crippen LogP contribution in [-0.4, -0.2) is 36.5 Å². The normalized spacial score (nSPS) is 18.4. The molecule has 21 heavy (non-hydrogen) atoms. The Morgan fingerprint density at radius 1 is 1.48 bits per heavy atom. The van der Waals surface area contributed by atoms with Crippen molar-refractivity contribution in [3.63, 3.8) is 0 Å². The van der Waals surface area contributed by atoms with Gasteiger partial charge in [0.15, 0.2) is 0 Å². The van der Waals surface area contributed by atoms with Crippen LogP contribution in [0, 0.1) is 11.7 Å². The van der Waals surface area contributed by atoms with Gasteiger partial charge in [-0.15, -0.1) is 0 Å². The van der Waals surface area contributed by atoms with E-state index in [9.17, 15) is 14.0 Å². The molecule has 2 rings (SSSR count). The van der Waals surface area contributed by atoms with Crippen LogP contribution in [0.4, 0.5) is 4.39 Å². The minimum Gasteiger partial charge on any atom is -0.466 e. The highest BCUT2D eigenvalue weighted by Crippen LogP contribution is 2.22. The Morgan fingerprint density at radius 3 is 2.95 bits per heavy atom. The summed E-state index contributed by atoms with van der Waals surface area (Å²) in [5.41, 5.74) is 0.0221. The molecule has 4 nitrogen and oxygen atoms in total. The molecule has 1 saturated heterocycles. The van der Waals surface area contributed by atoms with Gasteiger partial charge in [-0.1, -0.05) is 15.9 Å². The summed E-state index contributed by atoms with van der Waals surface area (Å²) in [6, 6.07) is 4.26. The van der Waals surface area contributed by atoms with Crippen molar-refractivity contribution < 1.29 is 18.7 Å². The van der Waals surface area contributed by atoms with Crippen LogP contribution in [0.1, 0.15) is 30.1 Å². The van der Waals surface area contributed by atoms with Crippen LogP contribution < -0.4 is 0 Å². The van der Waals surface area contributed by atoms with Gasteiger partial charge in [-0.05, 0) is 38.0 Å². The second-order valence-electron chi connectivity index (χ2n) is 4.97. The number of amides is 1. The lowest BCUT2D eigenvalue weighted by atomic mass is 9.97. The number of carbonyl (C=O) groups is 2. The van der Waals surface area contributed by atoms with Gasteiger partial charge in [0.2, 0.25) is 0 Å². The zero-order valence-electron chi connectivity index (χ0n) is 11.8. The summed E-state index contributed by atoms with van der Waals surface area (Å²) in [6.07, 6.45) is 1.41. The lowest BCUT2D eigenvalue weighted by Crippen LogP contribution is -2.43. The molecule has 114 valence electrons. The van der Waals surface area contributed by atoms with Gasteiger partial charge in [0.25, 0.3) is 5.91 Å². The summed E-state index contributed by atoms with van der Waals surface area (Å²) in [5, 5.41) is 0. The van der Waals surface area contributed by atoms with Gasteiger partial charge in [-0.2, -0.15) is 0 Å². The first-order valence-electron chi connectivity index (χ1n) is 6.94. The van der Waals surface area contributed by atoms with Crippen molar-refractivity contribution in [3.8, 4) is 0 Å². The number of hydrogen-bond donors (Lipinski definition) is 0. The maximum absolute atomic E-state index is 13.8. The lowest BCUT2D eigenvalue weighted by molar-refractivity contribution is -0.149. The average Bonchev–Trinajstić information content (AvgIpc) is 2.49. The molecule has 1 aromatic carbocycles. The van der Waals surface area contributed by atoms with Crippen LogP contribution in [0.2, 0.25) is 0 Å². The lowest BCUT2D eigenvalue weighted by Gasteiger charge is -2.31. The number of carbonyl (C=O) groups excluding carboxylic acids is 2. The number of nitrogens with zero attached hydrogens (tertiary/aromatic N) is 1. The van der Waals surface area contributed by atoms with Crippen LogP contribution in [0.5, 0.6) is 0 Å². The maximum Gasteiger partial charge on any atom is 0.310 e. The first kappa shape index (κ1) is 15.9. The molecule has 1 atom stereocenters. The Labute approximate surface area is 131 Å². The highest BCUT2D eigenvalue weighted by molar-refractivity contribution is 9.10. The minimum absolute atomic E-state index is 0.0221. The first-order valence-corrected chi connectivity index (χ1v) is 7.73. The Bertz CT molecular complexity index is 550. The predicted octanol–water partition coefficient (Wildman–Crippen LogP) is 3.00. The highest BCUT2D eigenvalue weighted by atomic mass is 79.9. The third-order valence-corrected chi connectivity index (χ3v) is 3.98. The molecule has 0 spiro atoms. The van der Waals surface area contributed by atoms with E-state index in [2.05, 4.69) is 15.9 Å². The molecule has 1 fully saturated rings. The molecule has 1 amide bonds. The number of likely N-dealkylation sites (tertiary alicyclic amines) is 1. The summed E-state index contributed by atoms with van der Waals surface area (Å²) in [6.45, 7) is 2.88. The molecule has 1 aromatic rings. The van der Waals surface area contributed by atoms with Crippen LogP contribution in [0.3, 0.4) is 0 Å². The standard InChI is InChI=1S/C15H17BrFNO3/c1-2-21-15(20)10-4-3-7-18(9-10)14(19)12-8-11(16)5-6-13(12)17/h5-6,8,10H,2-4,7,9H2,1H3/t10-/m1/s1. The largest absolute Gasteiger partial charge is 0.466 e. The predicted molar refractivity (Wildman–Crippen MR) is 79.4 cm³/mol. The van der Waals surface area contributed by atoms with Crippen LogP contribution in [0.15, 0.2) is 22.7 Å². The first-order chi connectivity index (χ1) is 10.0. The Kier molecular flexibility index (Phi) is 5.33. The number of esters is 1. The van der Waals surface area contributed by atoms with E-state index in [-0.39, 0.29) is 29.9 Å². The Hall–Kier alpha value is -1.43. The second kappa shape index (κ2) is 7.02. The van der Waals surface area contributed by atoms with Gasteiger partial charge in [-0.25, -0.2) is 4.39 Å². The quantitative estimate of drug-likeness (QED) is 0.781. The Balaban J connectivity index is 2.12. The zero-order chi connectivity index (χ0) is 15.4. The number of ether oxygens (including phenoxy) is 1. The SMILES string of the molecule is CCOC(=O)[C@@H]1CCCN(C(=O)c2cc(Br)ccc2F)C1. The summed E-state index contributed by atoms with van der Waals surface area (Å²) >= 11 is 3.23. The van der Waals surface area contributed by atoms with Gasteiger partial charge in [0, 0.05) is 17.6 Å². The molecule has 0 saturated carbocycles. The van der Waals surface area contributed by atoms with Crippen LogP contribution in [0.25, 0.3) is 0 Å². The third-order valence-electron chi connectivity index (χ3n) is 3.49. The number of piperidine rings is 1. The van der Waals surface area contributed by atoms with Crippen molar-refractivity contribution >= 4 is 27.8 Å². The van der Waals surface area contributed by atoms with Crippen molar-refractivity contribution in [2.24, 2.45) is 5.92 Å². The fourth-order valence-electron chi connectivity index (χ4n) is 2.45. The van der Waals surface area contributed by atoms with Crippen molar-refractivity contribution in [3.05, 3.63) is 34.1 Å². The molecule has 0 bridgehead atoms. The molecule has 1 aliphatic heterocycles. The fourth-order valence-corrected chi connectivity index (χ4v) is 2.81. The van der Waals surface area contributed by atoms with Gasteiger partial charge >= 0.3 is 5.97 Å². The van der Waals surface area contributed by atoms with E-state index in [0.717, 1.165) is 0 Å². The fraction of sp³-hybridized carbons (Fsp3) is 0.467. The van der Waals surface area contributed by atoms with Gasteiger partial charge in [-0.3, -0.25) is 9.59 Å².